The Morgan fingerprint density at radius 2 is 1.41 bits per heavy atom. The zero-order valence-corrected chi connectivity index (χ0v) is 40.3. The van der Waals surface area contributed by atoms with Crippen LogP contribution < -0.4 is 31.7 Å². The zero-order chi connectivity index (χ0) is 52.4. The number of fused-ring (bicyclic) bond motifs is 1. The van der Waals surface area contributed by atoms with E-state index >= 15 is 4.39 Å². The van der Waals surface area contributed by atoms with Gasteiger partial charge in [-0.15, -0.1) is 0 Å². The molecule has 23 heteroatoms. The Kier molecular flexibility index (Phi) is 17.8. The second-order valence-corrected chi connectivity index (χ2v) is 17.6. The number of H-pyrrole nitrogens is 1. The van der Waals surface area contributed by atoms with Crippen LogP contribution in [0.4, 0.5) is 34.6 Å². The topological polar surface area (TPSA) is 230 Å². The standard InChI is InChI=1S/C50H56F4N8O11/c1-29-27-61(28-30(2)60(29)3)40-10-8-31(24-39(40)58-46(66)35-26-57-43(64)25-36(35)50(52,53)54)34-23-32(7-9-37(34)51)45(65)56-14-16-71-18-20-73-22-21-72-19-17-70-15-13-55-38-6-4-5-33-44(38)49(69)62(48(33)68)41-11-12-42(63)59-47(41)67/h4-10,23-26,29-30,41,55H,11-22,27-28H2,1-3H3,(H,56,65)(H,57,64)(H,58,66)(H,59,63,67)/t29-,30+,41?. The molecule has 19 nitrogen and oxygen atoms in total. The number of ether oxygens (including phenoxy) is 4. The van der Waals surface area contributed by atoms with Crippen molar-refractivity contribution in [2.24, 2.45) is 0 Å². The summed E-state index contributed by atoms with van der Waals surface area (Å²) in [4.78, 5) is 95.9. The van der Waals surface area contributed by atoms with E-state index in [1.54, 1.807) is 24.3 Å². The minimum atomic E-state index is -5.00. The lowest BCUT2D eigenvalue weighted by atomic mass is 9.99. The Balaban J connectivity index is 0.807. The first kappa shape index (κ1) is 53.7. The molecular formula is C50H56F4N8O11. The number of aromatic nitrogens is 1. The smallest absolute Gasteiger partial charge is 0.382 e. The number of aromatic amines is 1. The van der Waals surface area contributed by atoms with Gasteiger partial charge in [0.1, 0.15) is 11.9 Å². The maximum Gasteiger partial charge on any atom is 0.417 e. The number of nitrogens with zero attached hydrogens (tertiary/aromatic N) is 3. The molecule has 3 aromatic carbocycles. The van der Waals surface area contributed by atoms with E-state index in [0.29, 0.717) is 56.5 Å². The van der Waals surface area contributed by atoms with Crippen molar-refractivity contribution in [3.05, 3.63) is 111 Å². The van der Waals surface area contributed by atoms with Gasteiger partial charge in [0.25, 0.3) is 23.6 Å². The van der Waals surface area contributed by atoms with E-state index in [-0.39, 0.29) is 105 Å². The highest BCUT2D eigenvalue weighted by atomic mass is 19.4. The van der Waals surface area contributed by atoms with Gasteiger partial charge in [-0.3, -0.25) is 48.7 Å². The number of halogens is 4. The Bertz CT molecular complexity index is 2760. The molecule has 4 aromatic rings. The largest absolute Gasteiger partial charge is 0.417 e. The number of piperazine rings is 1. The predicted molar refractivity (Wildman–Crippen MR) is 258 cm³/mol. The number of nitrogens with one attached hydrogen (secondary N) is 5. The number of carbonyl (C=O) groups excluding carboxylic acids is 6. The second kappa shape index (κ2) is 24.1. The number of carbonyl (C=O) groups is 6. The number of pyridine rings is 1. The minimum absolute atomic E-state index is 0.00237. The third-order valence-corrected chi connectivity index (χ3v) is 12.6. The maximum atomic E-state index is 15.5. The van der Waals surface area contributed by atoms with Gasteiger partial charge in [-0.25, -0.2) is 4.39 Å². The van der Waals surface area contributed by atoms with Crippen molar-refractivity contribution in [1.29, 1.82) is 0 Å². The molecule has 5 N–H and O–H groups in total. The first-order valence-corrected chi connectivity index (χ1v) is 23.6. The molecule has 3 aliphatic heterocycles. The quantitative estimate of drug-likeness (QED) is 0.0421. The van der Waals surface area contributed by atoms with Crippen molar-refractivity contribution in [3.8, 4) is 11.1 Å². The van der Waals surface area contributed by atoms with Crippen LogP contribution in [-0.4, -0.2) is 154 Å². The Hall–Kier alpha value is -7.05. The Labute approximate surface area is 416 Å². The molecule has 6 amide bonds. The van der Waals surface area contributed by atoms with E-state index in [2.05, 4.69) is 31.2 Å². The van der Waals surface area contributed by atoms with Gasteiger partial charge >= 0.3 is 6.18 Å². The van der Waals surface area contributed by atoms with Crippen LogP contribution in [0.25, 0.3) is 11.1 Å². The predicted octanol–water partition coefficient (Wildman–Crippen LogP) is 4.29. The summed E-state index contributed by atoms with van der Waals surface area (Å²) in [5, 5.41) is 10.6. The first-order chi connectivity index (χ1) is 34.9. The molecule has 1 aromatic heterocycles. The number of hydrogen-bond acceptors (Lipinski definition) is 14. The van der Waals surface area contributed by atoms with Gasteiger partial charge in [-0.2, -0.15) is 13.2 Å². The summed E-state index contributed by atoms with van der Waals surface area (Å²) in [7, 11) is 1.98. The van der Waals surface area contributed by atoms with Crippen molar-refractivity contribution < 1.29 is 65.3 Å². The van der Waals surface area contributed by atoms with Crippen molar-refractivity contribution in [2.75, 3.05) is 102 Å². The molecular weight excluding hydrogens is 965 g/mol. The van der Waals surface area contributed by atoms with Gasteiger partial charge in [0.05, 0.1) is 86.5 Å². The number of alkyl halides is 3. The van der Waals surface area contributed by atoms with Crippen molar-refractivity contribution in [1.82, 2.24) is 25.4 Å². The summed E-state index contributed by atoms with van der Waals surface area (Å²) in [6, 6.07) is 12.7. The highest BCUT2D eigenvalue weighted by molar-refractivity contribution is 6.25. The van der Waals surface area contributed by atoms with Gasteiger partial charge in [0.2, 0.25) is 17.4 Å². The van der Waals surface area contributed by atoms with Crippen LogP contribution >= 0.6 is 0 Å². The molecule has 4 heterocycles. The highest BCUT2D eigenvalue weighted by Gasteiger charge is 2.45. The summed E-state index contributed by atoms with van der Waals surface area (Å²) in [6.07, 6.45) is -4.21. The van der Waals surface area contributed by atoms with E-state index in [1.807, 2.05) is 25.8 Å². The zero-order valence-electron chi connectivity index (χ0n) is 40.3. The lowest BCUT2D eigenvalue weighted by Gasteiger charge is -2.44. The number of anilines is 3. The fourth-order valence-corrected chi connectivity index (χ4v) is 8.67. The Morgan fingerprint density at radius 1 is 0.753 bits per heavy atom. The fraction of sp³-hybridized carbons (Fsp3) is 0.420. The monoisotopic (exact) mass is 1020 g/mol. The molecule has 2 saturated heterocycles. The van der Waals surface area contributed by atoms with Crippen LogP contribution in [0.2, 0.25) is 0 Å². The summed E-state index contributed by atoms with van der Waals surface area (Å²) >= 11 is 0. The molecule has 1 unspecified atom stereocenters. The number of amides is 6. The number of imide groups is 2. The van der Waals surface area contributed by atoms with Crippen LogP contribution in [0, 0.1) is 5.82 Å². The summed E-state index contributed by atoms with van der Waals surface area (Å²) < 4.78 is 79.5. The minimum Gasteiger partial charge on any atom is -0.382 e. The average Bonchev–Trinajstić information content (AvgIpc) is 3.61. The van der Waals surface area contributed by atoms with Crippen molar-refractivity contribution >= 4 is 52.5 Å². The number of rotatable bonds is 22. The molecule has 0 saturated carbocycles. The first-order valence-electron chi connectivity index (χ1n) is 23.6. The summed E-state index contributed by atoms with van der Waals surface area (Å²) in [5.74, 6) is -4.67. The van der Waals surface area contributed by atoms with Crippen molar-refractivity contribution in [2.45, 2.75) is 51.0 Å². The van der Waals surface area contributed by atoms with E-state index in [4.69, 9.17) is 18.9 Å². The molecule has 0 bridgehead atoms. The molecule has 73 heavy (non-hydrogen) atoms. The van der Waals surface area contributed by atoms with E-state index in [1.165, 1.54) is 24.3 Å². The van der Waals surface area contributed by atoms with Crippen LogP contribution in [0.15, 0.2) is 71.7 Å². The molecule has 0 spiro atoms. The van der Waals surface area contributed by atoms with Crippen molar-refractivity contribution in [3.63, 3.8) is 0 Å². The van der Waals surface area contributed by atoms with Gasteiger partial charge in [-0.05, 0) is 75.3 Å². The van der Waals surface area contributed by atoms with Crippen LogP contribution in [0.1, 0.15) is 73.7 Å². The van der Waals surface area contributed by atoms with Crippen LogP contribution in [0.5, 0.6) is 0 Å². The molecule has 7 rings (SSSR count). The third-order valence-electron chi connectivity index (χ3n) is 12.6. The molecule has 0 radical (unpaired) electrons. The average molecular weight is 1020 g/mol. The highest BCUT2D eigenvalue weighted by Crippen LogP contribution is 2.37. The summed E-state index contributed by atoms with van der Waals surface area (Å²) in [6.45, 7) is 7.56. The van der Waals surface area contributed by atoms with Gasteiger partial charge in [0, 0.05) is 73.8 Å². The molecule has 3 atom stereocenters. The maximum absolute atomic E-state index is 15.5. The van der Waals surface area contributed by atoms with E-state index < -0.39 is 70.2 Å². The molecule has 2 fully saturated rings. The lowest BCUT2D eigenvalue weighted by molar-refractivity contribution is -0.138. The van der Waals surface area contributed by atoms with Crippen LogP contribution in [-0.2, 0) is 34.7 Å². The lowest BCUT2D eigenvalue weighted by Crippen LogP contribution is -2.55. The second-order valence-electron chi connectivity index (χ2n) is 17.6. The summed E-state index contributed by atoms with van der Waals surface area (Å²) in [5.41, 5.74) is -1.55. The SMILES string of the molecule is C[C@@H]1CN(c2ccc(-c3cc(C(=O)NCCOCCOCCOCCOCCNc4cccc5c4C(=O)N(C4CCC(=O)NC4=O)C5=O)ccc3F)cc2NC(=O)c2c[nH]c(=O)cc2C(F)(F)F)C[C@H](C)N1C. The van der Waals surface area contributed by atoms with Crippen LogP contribution in [0.3, 0.4) is 0 Å². The fourth-order valence-electron chi connectivity index (χ4n) is 8.67. The number of hydrogen-bond donors (Lipinski definition) is 5. The number of likely N-dealkylation sites (N-methyl/N-ethyl adjacent to an activating group) is 1. The third kappa shape index (κ3) is 13.1. The van der Waals surface area contributed by atoms with Gasteiger partial charge < -0.3 is 44.8 Å². The van der Waals surface area contributed by atoms with Gasteiger partial charge in [0.15, 0.2) is 0 Å². The molecule has 390 valence electrons. The number of piperidine rings is 1. The van der Waals surface area contributed by atoms with Gasteiger partial charge in [-0.1, -0.05) is 12.1 Å². The Morgan fingerprint density at radius 3 is 2.07 bits per heavy atom. The molecule has 3 aliphatic rings. The van der Waals surface area contributed by atoms with E-state index in [0.717, 1.165) is 11.0 Å². The molecule has 0 aliphatic carbocycles. The normalized spacial score (nSPS) is 18.2. The van der Waals surface area contributed by atoms with E-state index in [9.17, 15) is 46.7 Å². The number of benzene rings is 3.